The van der Waals surface area contributed by atoms with Gasteiger partial charge in [-0.1, -0.05) is 12.5 Å². The lowest BCUT2D eigenvalue weighted by molar-refractivity contribution is 0.517. The van der Waals surface area contributed by atoms with Gasteiger partial charge < -0.3 is 11.1 Å². The predicted molar refractivity (Wildman–Crippen MR) is 69.9 cm³/mol. The standard InChI is InChI=1S/C13H18N4/c14-7-9-3-1-4-11(9)16-12-5-2-6-13-10(12)8-15-17-13/h2,5-6,8-9,11,16H,1,3-4,7,14H2,(H,15,17). The predicted octanol–water partition coefficient (Wildman–Crippen LogP) is 2.10. The summed E-state index contributed by atoms with van der Waals surface area (Å²) in [4.78, 5) is 0. The van der Waals surface area contributed by atoms with Gasteiger partial charge in [0.2, 0.25) is 0 Å². The molecule has 1 aromatic heterocycles. The Morgan fingerprint density at radius 2 is 2.35 bits per heavy atom. The van der Waals surface area contributed by atoms with Crippen LogP contribution >= 0.6 is 0 Å². The van der Waals surface area contributed by atoms with Gasteiger partial charge in [-0.2, -0.15) is 5.10 Å². The molecule has 2 atom stereocenters. The maximum atomic E-state index is 5.81. The Kier molecular flexibility index (Phi) is 2.73. The first-order valence-corrected chi connectivity index (χ1v) is 6.27. The van der Waals surface area contributed by atoms with E-state index in [9.17, 15) is 0 Å². The molecule has 1 aliphatic carbocycles. The average molecular weight is 230 g/mol. The molecule has 1 aliphatic rings. The number of aromatic amines is 1. The van der Waals surface area contributed by atoms with E-state index in [0.717, 1.165) is 17.4 Å². The van der Waals surface area contributed by atoms with E-state index in [-0.39, 0.29) is 0 Å². The molecule has 17 heavy (non-hydrogen) atoms. The molecule has 1 fully saturated rings. The zero-order chi connectivity index (χ0) is 11.7. The number of H-pyrrole nitrogens is 1. The monoisotopic (exact) mass is 230 g/mol. The highest BCUT2D eigenvalue weighted by Gasteiger charge is 2.26. The van der Waals surface area contributed by atoms with Crippen molar-refractivity contribution in [1.29, 1.82) is 0 Å². The molecule has 1 aromatic carbocycles. The number of nitrogens with one attached hydrogen (secondary N) is 2. The normalized spacial score (nSPS) is 24.3. The molecule has 0 spiro atoms. The van der Waals surface area contributed by atoms with Crippen molar-refractivity contribution >= 4 is 16.6 Å². The molecule has 2 aromatic rings. The summed E-state index contributed by atoms with van der Waals surface area (Å²) in [6.07, 6.45) is 5.62. The third kappa shape index (κ3) is 1.89. The van der Waals surface area contributed by atoms with Gasteiger partial charge in [0.25, 0.3) is 0 Å². The van der Waals surface area contributed by atoms with Crippen LogP contribution in [0.25, 0.3) is 10.9 Å². The van der Waals surface area contributed by atoms with Crippen LogP contribution in [0.5, 0.6) is 0 Å². The lowest BCUT2D eigenvalue weighted by Crippen LogP contribution is -2.29. The summed E-state index contributed by atoms with van der Waals surface area (Å²) in [6.45, 7) is 0.777. The Morgan fingerprint density at radius 1 is 1.41 bits per heavy atom. The number of nitrogens with zero attached hydrogens (tertiary/aromatic N) is 1. The van der Waals surface area contributed by atoms with E-state index in [1.165, 1.54) is 24.9 Å². The highest BCUT2D eigenvalue weighted by molar-refractivity contribution is 5.90. The summed E-state index contributed by atoms with van der Waals surface area (Å²) in [5.41, 5.74) is 8.06. The highest BCUT2D eigenvalue weighted by Crippen LogP contribution is 2.30. The van der Waals surface area contributed by atoms with Crippen LogP contribution in [0.1, 0.15) is 19.3 Å². The van der Waals surface area contributed by atoms with Gasteiger partial charge in [-0.05, 0) is 37.4 Å². The van der Waals surface area contributed by atoms with E-state index in [1.54, 1.807) is 0 Å². The molecule has 0 radical (unpaired) electrons. The molecule has 2 unspecified atom stereocenters. The van der Waals surface area contributed by atoms with E-state index in [4.69, 9.17) is 5.73 Å². The Morgan fingerprint density at radius 3 is 3.24 bits per heavy atom. The van der Waals surface area contributed by atoms with Crippen LogP contribution in [-0.2, 0) is 0 Å². The van der Waals surface area contributed by atoms with E-state index >= 15 is 0 Å². The summed E-state index contributed by atoms with van der Waals surface area (Å²) < 4.78 is 0. The molecule has 4 nitrogen and oxygen atoms in total. The van der Waals surface area contributed by atoms with Gasteiger partial charge in [-0.25, -0.2) is 0 Å². The summed E-state index contributed by atoms with van der Waals surface area (Å²) in [7, 11) is 0. The number of anilines is 1. The maximum Gasteiger partial charge on any atom is 0.0671 e. The fourth-order valence-electron chi connectivity index (χ4n) is 2.80. The molecule has 3 rings (SSSR count). The number of fused-ring (bicyclic) bond motifs is 1. The SMILES string of the molecule is NCC1CCCC1Nc1cccc2[nH]ncc12. The molecule has 0 amide bonds. The van der Waals surface area contributed by atoms with Crippen LogP contribution in [0.4, 0.5) is 5.69 Å². The second-order valence-electron chi connectivity index (χ2n) is 4.81. The molecule has 90 valence electrons. The lowest BCUT2D eigenvalue weighted by atomic mass is 10.0. The smallest absolute Gasteiger partial charge is 0.0671 e. The molecule has 0 bridgehead atoms. The lowest BCUT2D eigenvalue weighted by Gasteiger charge is -2.21. The number of hydrogen-bond donors (Lipinski definition) is 3. The van der Waals surface area contributed by atoms with Gasteiger partial charge in [-0.15, -0.1) is 0 Å². The zero-order valence-electron chi connectivity index (χ0n) is 9.82. The second kappa shape index (κ2) is 4.37. The van der Waals surface area contributed by atoms with Crippen LogP contribution in [0, 0.1) is 5.92 Å². The van der Waals surface area contributed by atoms with Gasteiger partial charge in [-0.3, -0.25) is 5.10 Å². The van der Waals surface area contributed by atoms with E-state index in [1.807, 2.05) is 12.3 Å². The number of rotatable bonds is 3. The van der Waals surface area contributed by atoms with Gasteiger partial charge in [0.15, 0.2) is 0 Å². The minimum absolute atomic E-state index is 0.514. The molecule has 0 saturated heterocycles. The molecule has 1 heterocycles. The van der Waals surface area contributed by atoms with Gasteiger partial charge >= 0.3 is 0 Å². The third-order valence-electron chi connectivity index (χ3n) is 3.79. The number of nitrogens with two attached hydrogens (primary N) is 1. The molecule has 4 N–H and O–H groups in total. The van der Waals surface area contributed by atoms with E-state index in [0.29, 0.717) is 12.0 Å². The topological polar surface area (TPSA) is 66.7 Å². The first kappa shape index (κ1) is 10.6. The Balaban J connectivity index is 1.87. The summed E-state index contributed by atoms with van der Waals surface area (Å²) in [6, 6.07) is 6.72. The first-order valence-electron chi connectivity index (χ1n) is 6.27. The van der Waals surface area contributed by atoms with Crippen molar-refractivity contribution in [2.45, 2.75) is 25.3 Å². The minimum atomic E-state index is 0.514. The largest absolute Gasteiger partial charge is 0.381 e. The van der Waals surface area contributed by atoms with Crippen molar-refractivity contribution in [1.82, 2.24) is 10.2 Å². The molecule has 0 aliphatic heterocycles. The fourth-order valence-corrected chi connectivity index (χ4v) is 2.80. The van der Waals surface area contributed by atoms with Crippen LogP contribution in [0.15, 0.2) is 24.4 Å². The maximum absolute atomic E-state index is 5.81. The Labute approximate surface area is 101 Å². The Hall–Kier alpha value is -1.55. The summed E-state index contributed by atoms with van der Waals surface area (Å²) >= 11 is 0. The van der Waals surface area contributed by atoms with Crippen molar-refractivity contribution < 1.29 is 0 Å². The second-order valence-corrected chi connectivity index (χ2v) is 4.81. The number of hydrogen-bond acceptors (Lipinski definition) is 3. The summed E-state index contributed by atoms with van der Waals surface area (Å²) in [5.74, 6) is 0.608. The first-order chi connectivity index (χ1) is 8.38. The van der Waals surface area contributed by atoms with E-state index in [2.05, 4.69) is 27.6 Å². The van der Waals surface area contributed by atoms with Crippen LogP contribution in [0.2, 0.25) is 0 Å². The average Bonchev–Trinajstić information content (AvgIpc) is 2.97. The van der Waals surface area contributed by atoms with E-state index < -0.39 is 0 Å². The van der Waals surface area contributed by atoms with Crippen molar-refractivity contribution in [3.05, 3.63) is 24.4 Å². The Bertz CT molecular complexity index is 505. The molecular formula is C13H18N4. The van der Waals surface area contributed by atoms with Crippen molar-refractivity contribution in [3.8, 4) is 0 Å². The zero-order valence-corrected chi connectivity index (χ0v) is 9.82. The molecular weight excluding hydrogens is 212 g/mol. The van der Waals surface area contributed by atoms with Crippen LogP contribution in [0.3, 0.4) is 0 Å². The number of aromatic nitrogens is 2. The van der Waals surface area contributed by atoms with Gasteiger partial charge in [0.05, 0.1) is 11.7 Å². The third-order valence-corrected chi connectivity index (χ3v) is 3.79. The molecule has 1 saturated carbocycles. The van der Waals surface area contributed by atoms with Gasteiger partial charge in [0, 0.05) is 17.1 Å². The van der Waals surface area contributed by atoms with Crippen LogP contribution in [-0.4, -0.2) is 22.8 Å². The summed E-state index contributed by atoms with van der Waals surface area (Å²) in [5, 5.41) is 11.9. The quantitative estimate of drug-likeness (QED) is 0.756. The number of benzene rings is 1. The van der Waals surface area contributed by atoms with Crippen molar-refractivity contribution in [2.75, 3.05) is 11.9 Å². The highest BCUT2D eigenvalue weighted by atomic mass is 15.1. The van der Waals surface area contributed by atoms with Crippen molar-refractivity contribution in [2.24, 2.45) is 11.7 Å². The van der Waals surface area contributed by atoms with Gasteiger partial charge in [0.1, 0.15) is 0 Å². The molecule has 4 heteroatoms. The van der Waals surface area contributed by atoms with Crippen molar-refractivity contribution in [3.63, 3.8) is 0 Å². The van der Waals surface area contributed by atoms with Crippen LogP contribution < -0.4 is 11.1 Å². The minimum Gasteiger partial charge on any atom is -0.381 e. The fraction of sp³-hybridized carbons (Fsp3) is 0.462.